The van der Waals surface area contributed by atoms with E-state index in [2.05, 4.69) is 24.1 Å². The van der Waals surface area contributed by atoms with Crippen LogP contribution in [0.25, 0.3) is 6.08 Å². The minimum absolute atomic E-state index is 0.126. The molecule has 1 atom stereocenters. The summed E-state index contributed by atoms with van der Waals surface area (Å²) >= 11 is 0. The zero-order chi connectivity index (χ0) is 22.2. The van der Waals surface area contributed by atoms with Crippen LogP contribution in [0.1, 0.15) is 25.8 Å². The fourth-order valence-corrected chi connectivity index (χ4v) is 3.52. The van der Waals surface area contributed by atoms with Gasteiger partial charge in [-0.2, -0.15) is 0 Å². The molecule has 3 rings (SSSR count). The molecule has 166 valence electrons. The van der Waals surface area contributed by atoms with Crippen molar-refractivity contribution < 1.29 is 18.7 Å². The lowest BCUT2D eigenvalue weighted by atomic mass is 10.1. The van der Waals surface area contributed by atoms with Gasteiger partial charge in [0.1, 0.15) is 5.82 Å². The molecule has 5 nitrogen and oxygen atoms in total. The summed E-state index contributed by atoms with van der Waals surface area (Å²) in [5.74, 6) is 1.79. The lowest BCUT2D eigenvalue weighted by Gasteiger charge is -2.18. The molecule has 1 saturated heterocycles. The molecule has 0 spiro atoms. The molecule has 0 aliphatic carbocycles. The summed E-state index contributed by atoms with van der Waals surface area (Å²) in [6.07, 6.45) is 4.30. The van der Waals surface area contributed by atoms with E-state index in [1.165, 1.54) is 18.2 Å². The molecule has 2 aromatic carbocycles. The van der Waals surface area contributed by atoms with Crippen LogP contribution >= 0.6 is 0 Å². The van der Waals surface area contributed by atoms with Crippen LogP contribution in [0, 0.1) is 17.7 Å². The van der Waals surface area contributed by atoms with Gasteiger partial charge in [-0.05, 0) is 66.3 Å². The van der Waals surface area contributed by atoms with E-state index in [0.29, 0.717) is 36.5 Å². The van der Waals surface area contributed by atoms with Crippen molar-refractivity contribution in [1.82, 2.24) is 5.32 Å². The Kier molecular flexibility index (Phi) is 7.93. The zero-order valence-corrected chi connectivity index (χ0v) is 18.4. The lowest BCUT2D eigenvalue weighted by Crippen LogP contribution is -2.29. The van der Waals surface area contributed by atoms with Crippen molar-refractivity contribution in [3.8, 4) is 11.5 Å². The van der Waals surface area contributed by atoms with E-state index in [0.717, 1.165) is 30.8 Å². The quantitative estimate of drug-likeness (QED) is 0.599. The maximum Gasteiger partial charge on any atom is 0.244 e. The molecule has 1 aliphatic heterocycles. The summed E-state index contributed by atoms with van der Waals surface area (Å²) in [6, 6.07) is 12.2. The summed E-state index contributed by atoms with van der Waals surface area (Å²) in [5.41, 5.74) is 1.89. The average molecular weight is 427 g/mol. The van der Waals surface area contributed by atoms with Gasteiger partial charge in [0.15, 0.2) is 11.5 Å². The number of rotatable bonds is 9. The zero-order valence-electron chi connectivity index (χ0n) is 18.4. The molecule has 6 heteroatoms. The van der Waals surface area contributed by atoms with E-state index in [9.17, 15) is 9.18 Å². The Hall–Kier alpha value is -3.02. The summed E-state index contributed by atoms with van der Waals surface area (Å²) in [7, 11) is 1.61. The fourth-order valence-electron chi connectivity index (χ4n) is 3.52. The van der Waals surface area contributed by atoms with Crippen LogP contribution in [0.15, 0.2) is 48.5 Å². The summed E-state index contributed by atoms with van der Waals surface area (Å²) < 4.78 is 24.3. The van der Waals surface area contributed by atoms with Crippen LogP contribution in [0.4, 0.5) is 10.1 Å². The number of amides is 1. The number of halogens is 1. The van der Waals surface area contributed by atoms with Gasteiger partial charge < -0.3 is 19.7 Å². The number of ether oxygens (including phenoxy) is 2. The van der Waals surface area contributed by atoms with E-state index < -0.39 is 0 Å². The molecule has 0 saturated carbocycles. The second kappa shape index (κ2) is 10.8. The summed E-state index contributed by atoms with van der Waals surface area (Å²) in [5, 5.41) is 2.98. The van der Waals surface area contributed by atoms with Gasteiger partial charge in [0.2, 0.25) is 5.91 Å². The largest absolute Gasteiger partial charge is 0.493 e. The van der Waals surface area contributed by atoms with Gasteiger partial charge in [0.25, 0.3) is 0 Å². The number of carbonyl (C=O) groups is 1. The van der Waals surface area contributed by atoms with Crippen molar-refractivity contribution in [3.05, 3.63) is 59.9 Å². The number of anilines is 1. The van der Waals surface area contributed by atoms with Crippen LogP contribution in [-0.2, 0) is 4.79 Å². The van der Waals surface area contributed by atoms with Gasteiger partial charge >= 0.3 is 0 Å². The fraction of sp³-hybridized carbons (Fsp3) is 0.400. The molecule has 1 aliphatic rings. The van der Waals surface area contributed by atoms with E-state index in [-0.39, 0.29) is 11.7 Å². The predicted molar refractivity (Wildman–Crippen MR) is 122 cm³/mol. The van der Waals surface area contributed by atoms with Crippen molar-refractivity contribution in [2.75, 3.05) is 38.3 Å². The molecule has 2 aromatic rings. The first-order valence-corrected chi connectivity index (χ1v) is 10.7. The van der Waals surface area contributed by atoms with Crippen LogP contribution in [0.2, 0.25) is 0 Å². The highest BCUT2D eigenvalue weighted by Gasteiger charge is 2.22. The maximum absolute atomic E-state index is 13.1. The molecule has 1 amide bonds. The SMILES string of the molecule is COc1cc(C=CC(=O)NCC2CCN(c3ccc(F)cc3)C2)ccc1OCC(C)C. The Labute approximate surface area is 183 Å². The average Bonchev–Trinajstić information content (AvgIpc) is 3.24. The standard InChI is InChI=1S/C25H31FN2O3/c1-18(2)17-31-23-10-4-19(14-24(23)30-3)5-11-25(29)27-15-20-12-13-28(16-20)22-8-6-21(26)7-9-22/h4-11,14,18,20H,12-13,15-17H2,1-3H3,(H,27,29). The highest BCUT2D eigenvalue weighted by atomic mass is 19.1. The molecular weight excluding hydrogens is 395 g/mol. The minimum atomic E-state index is -0.228. The Morgan fingerprint density at radius 2 is 2.00 bits per heavy atom. The van der Waals surface area contributed by atoms with Crippen molar-refractivity contribution in [2.24, 2.45) is 11.8 Å². The highest BCUT2D eigenvalue weighted by molar-refractivity contribution is 5.91. The van der Waals surface area contributed by atoms with Crippen LogP contribution in [0.3, 0.4) is 0 Å². The van der Waals surface area contributed by atoms with Gasteiger partial charge in [-0.25, -0.2) is 4.39 Å². The molecule has 31 heavy (non-hydrogen) atoms. The highest BCUT2D eigenvalue weighted by Crippen LogP contribution is 2.29. The van der Waals surface area contributed by atoms with Crippen molar-refractivity contribution in [2.45, 2.75) is 20.3 Å². The molecular formula is C25H31FN2O3. The third kappa shape index (κ3) is 6.74. The van der Waals surface area contributed by atoms with E-state index in [1.807, 2.05) is 18.2 Å². The first kappa shape index (κ1) is 22.7. The second-order valence-electron chi connectivity index (χ2n) is 8.27. The third-order valence-electron chi connectivity index (χ3n) is 5.23. The smallest absolute Gasteiger partial charge is 0.244 e. The Morgan fingerprint density at radius 1 is 1.23 bits per heavy atom. The maximum atomic E-state index is 13.1. The summed E-state index contributed by atoms with van der Waals surface area (Å²) in [6.45, 7) is 7.18. The monoisotopic (exact) mass is 426 g/mol. The second-order valence-corrected chi connectivity index (χ2v) is 8.27. The van der Waals surface area contributed by atoms with Crippen molar-refractivity contribution in [3.63, 3.8) is 0 Å². The first-order valence-electron chi connectivity index (χ1n) is 10.7. The van der Waals surface area contributed by atoms with Crippen LogP contribution in [0.5, 0.6) is 11.5 Å². The van der Waals surface area contributed by atoms with Gasteiger partial charge in [0, 0.05) is 31.4 Å². The molecule has 0 aromatic heterocycles. The molecule has 1 fully saturated rings. The molecule has 1 heterocycles. The third-order valence-corrected chi connectivity index (χ3v) is 5.23. The van der Waals surface area contributed by atoms with Crippen LogP contribution in [-0.4, -0.2) is 39.3 Å². The Balaban J connectivity index is 1.47. The number of hydrogen-bond donors (Lipinski definition) is 1. The molecule has 0 radical (unpaired) electrons. The predicted octanol–water partition coefficient (Wildman–Crippen LogP) is 4.53. The number of hydrogen-bond acceptors (Lipinski definition) is 4. The number of benzene rings is 2. The molecule has 1 N–H and O–H groups in total. The number of nitrogens with zero attached hydrogens (tertiary/aromatic N) is 1. The van der Waals surface area contributed by atoms with Gasteiger partial charge in [0.05, 0.1) is 13.7 Å². The number of methoxy groups -OCH3 is 1. The lowest BCUT2D eigenvalue weighted by molar-refractivity contribution is -0.116. The molecule has 1 unspecified atom stereocenters. The van der Waals surface area contributed by atoms with Crippen molar-refractivity contribution in [1.29, 1.82) is 0 Å². The van der Waals surface area contributed by atoms with Crippen LogP contribution < -0.4 is 19.7 Å². The van der Waals surface area contributed by atoms with E-state index in [4.69, 9.17) is 9.47 Å². The Morgan fingerprint density at radius 3 is 2.71 bits per heavy atom. The van der Waals surface area contributed by atoms with E-state index in [1.54, 1.807) is 25.3 Å². The topological polar surface area (TPSA) is 50.8 Å². The first-order chi connectivity index (χ1) is 14.9. The van der Waals surface area contributed by atoms with Gasteiger partial charge in [-0.15, -0.1) is 0 Å². The minimum Gasteiger partial charge on any atom is -0.493 e. The van der Waals surface area contributed by atoms with Gasteiger partial charge in [-0.3, -0.25) is 4.79 Å². The summed E-state index contributed by atoms with van der Waals surface area (Å²) in [4.78, 5) is 14.5. The normalized spacial score (nSPS) is 16.2. The van der Waals surface area contributed by atoms with E-state index >= 15 is 0 Å². The number of carbonyl (C=O) groups excluding carboxylic acids is 1. The van der Waals surface area contributed by atoms with Gasteiger partial charge in [-0.1, -0.05) is 19.9 Å². The molecule has 0 bridgehead atoms. The number of nitrogens with one attached hydrogen (secondary N) is 1. The Bertz CT molecular complexity index is 896. The van der Waals surface area contributed by atoms with Crippen molar-refractivity contribution >= 4 is 17.7 Å².